The zero-order valence-electron chi connectivity index (χ0n) is 11.2. The third-order valence-electron chi connectivity index (χ3n) is 3.91. The molecule has 1 fully saturated rings. The number of hydrogen-bond acceptors (Lipinski definition) is 3. The van der Waals surface area contributed by atoms with Crippen LogP contribution in [-0.2, 0) is 22.6 Å². The lowest BCUT2D eigenvalue weighted by Gasteiger charge is -2.43. The second kappa shape index (κ2) is 6.47. The Morgan fingerprint density at radius 2 is 1.85 bits per heavy atom. The summed E-state index contributed by atoms with van der Waals surface area (Å²) < 4.78 is 24.3. The van der Waals surface area contributed by atoms with E-state index in [4.69, 9.17) is 0 Å². The van der Waals surface area contributed by atoms with Gasteiger partial charge in [-0.15, -0.1) is 0 Å². The number of rotatable bonds is 5. The Labute approximate surface area is 121 Å². The van der Waals surface area contributed by atoms with Gasteiger partial charge in [0.15, 0.2) is 0 Å². The van der Waals surface area contributed by atoms with Gasteiger partial charge in [0.2, 0.25) is 0 Å². The van der Waals surface area contributed by atoms with E-state index in [0.29, 0.717) is 12.8 Å². The van der Waals surface area contributed by atoms with E-state index in [9.17, 15) is 18.7 Å². The van der Waals surface area contributed by atoms with Gasteiger partial charge >= 0.3 is 5.97 Å². The van der Waals surface area contributed by atoms with Gasteiger partial charge in [-0.1, -0.05) is 49.6 Å². The lowest BCUT2D eigenvalue weighted by molar-refractivity contribution is -0.150. The first kappa shape index (κ1) is 15.2. The third-order valence-corrected chi connectivity index (χ3v) is 4.74. The average Bonchev–Trinajstić information content (AvgIpc) is 2.46. The number of benzene rings is 1. The Balaban J connectivity index is 2.30. The van der Waals surface area contributed by atoms with Crippen molar-refractivity contribution >= 4 is 17.2 Å². The van der Waals surface area contributed by atoms with Gasteiger partial charge < -0.3 is 9.66 Å². The molecule has 0 saturated heterocycles. The monoisotopic (exact) mass is 296 g/mol. The van der Waals surface area contributed by atoms with Crippen LogP contribution in [-0.4, -0.2) is 29.7 Å². The van der Waals surface area contributed by atoms with E-state index in [1.54, 1.807) is 12.1 Å². The lowest BCUT2D eigenvalue weighted by Crippen LogP contribution is -2.55. The van der Waals surface area contributed by atoms with Crippen molar-refractivity contribution < 1.29 is 18.7 Å². The molecule has 1 atom stereocenters. The van der Waals surface area contributed by atoms with Crippen molar-refractivity contribution in [1.29, 1.82) is 0 Å². The molecule has 1 aliphatic rings. The Bertz CT molecular complexity index is 485. The van der Waals surface area contributed by atoms with Crippen LogP contribution in [0.2, 0.25) is 0 Å². The molecule has 0 spiro atoms. The lowest BCUT2D eigenvalue weighted by atomic mass is 9.81. The van der Waals surface area contributed by atoms with Crippen molar-refractivity contribution in [1.82, 2.24) is 4.31 Å². The van der Waals surface area contributed by atoms with Gasteiger partial charge in [-0.25, -0.2) is 4.31 Å². The molecule has 1 aromatic rings. The van der Waals surface area contributed by atoms with Crippen LogP contribution in [0.15, 0.2) is 30.3 Å². The van der Waals surface area contributed by atoms with Gasteiger partial charge in [0, 0.05) is 17.8 Å². The quantitative estimate of drug-likeness (QED) is 0.843. The van der Waals surface area contributed by atoms with Crippen LogP contribution < -0.4 is 0 Å². The van der Waals surface area contributed by atoms with Crippen LogP contribution in [0.4, 0.5) is 0 Å². The Morgan fingerprint density at radius 1 is 1.25 bits per heavy atom. The van der Waals surface area contributed by atoms with Crippen LogP contribution in [0.3, 0.4) is 0 Å². The van der Waals surface area contributed by atoms with Crippen molar-refractivity contribution in [2.75, 3.05) is 0 Å². The molecule has 0 aliphatic heterocycles. The molecule has 1 N–H and O–H groups in total. The number of aliphatic carboxylic acids is 1. The van der Waals surface area contributed by atoms with Gasteiger partial charge in [-0.05, 0) is 18.4 Å². The van der Waals surface area contributed by atoms with Crippen LogP contribution in [0.25, 0.3) is 0 Å². The van der Waals surface area contributed by atoms with Crippen LogP contribution in [0.1, 0.15) is 37.7 Å². The third kappa shape index (κ3) is 3.08. The van der Waals surface area contributed by atoms with E-state index in [0.717, 1.165) is 29.1 Å². The zero-order chi connectivity index (χ0) is 14.6. The van der Waals surface area contributed by atoms with Gasteiger partial charge in [0.05, 0.1) is 0 Å². The highest BCUT2D eigenvalue weighted by Crippen LogP contribution is 2.35. The van der Waals surface area contributed by atoms with Crippen molar-refractivity contribution in [3.63, 3.8) is 0 Å². The Morgan fingerprint density at radius 3 is 2.35 bits per heavy atom. The summed E-state index contributed by atoms with van der Waals surface area (Å²) in [5.41, 5.74) is -0.497. The van der Waals surface area contributed by atoms with Gasteiger partial charge in [0.1, 0.15) is 5.54 Å². The number of carboxylic acid groups (broad SMARTS) is 1. The molecule has 6 heteroatoms. The van der Waals surface area contributed by atoms with E-state index < -0.39 is 22.8 Å². The molecule has 0 heterocycles. The number of nitrogens with zero attached hydrogens (tertiary/aromatic N) is 1. The zero-order valence-corrected chi connectivity index (χ0v) is 12.0. The van der Waals surface area contributed by atoms with E-state index in [2.05, 4.69) is 0 Å². The van der Waals surface area contributed by atoms with Gasteiger partial charge in [-0.2, -0.15) is 0 Å². The molecular formula is C14H18NO4S-. The fraction of sp³-hybridized carbons (Fsp3) is 0.500. The summed E-state index contributed by atoms with van der Waals surface area (Å²) in [5.74, 6) is -1.04. The summed E-state index contributed by atoms with van der Waals surface area (Å²) >= 11 is -2.56. The molecule has 0 radical (unpaired) electrons. The topological polar surface area (TPSA) is 80.7 Å². The summed E-state index contributed by atoms with van der Waals surface area (Å²) in [6.07, 6.45) is 3.20. The van der Waals surface area contributed by atoms with Crippen LogP contribution >= 0.6 is 0 Å². The summed E-state index contributed by atoms with van der Waals surface area (Å²) in [6, 6.07) is 9.08. The van der Waals surface area contributed by atoms with Crippen molar-refractivity contribution in [3.8, 4) is 0 Å². The van der Waals surface area contributed by atoms with Gasteiger partial charge in [-0.3, -0.25) is 9.00 Å². The predicted octanol–water partition coefficient (Wildman–Crippen LogP) is 2.07. The minimum absolute atomic E-state index is 0.100. The molecule has 2 rings (SSSR count). The fourth-order valence-electron chi connectivity index (χ4n) is 2.80. The maximum atomic E-state index is 11.7. The molecule has 0 bridgehead atoms. The molecular weight excluding hydrogens is 278 g/mol. The summed E-state index contributed by atoms with van der Waals surface area (Å²) in [6.45, 7) is 0.100. The number of carboxylic acids is 1. The number of hydrogen-bond donors (Lipinski definition) is 1. The minimum Gasteiger partial charge on any atom is -0.760 e. The SMILES string of the molecule is O=C(O)C1(N(Cc2ccccc2)S(=O)[O-])CCCCC1. The predicted molar refractivity (Wildman–Crippen MR) is 74.4 cm³/mol. The maximum Gasteiger partial charge on any atom is 0.325 e. The highest BCUT2D eigenvalue weighted by Gasteiger charge is 2.45. The molecule has 0 amide bonds. The Kier molecular flexibility index (Phi) is 4.91. The molecule has 5 nitrogen and oxygen atoms in total. The van der Waals surface area contributed by atoms with Crippen LogP contribution in [0, 0.1) is 0 Å². The maximum absolute atomic E-state index is 11.7. The van der Waals surface area contributed by atoms with Crippen molar-refractivity contribution in [2.45, 2.75) is 44.2 Å². The van der Waals surface area contributed by atoms with Crippen molar-refractivity contribution in [3.05, 3.63) is 35.9 Å². The van der Waals surface area contributed by atoms with E-state index >= 15 is 0 Å². The smallest absolute Gasteiger partial charge is 0.325 e. The summed E-state index contributed by atoms with van der Waals surface area (Å²) in [7, 11) is 0. The van der Waals surface area contributed by atoms with E-state index in [1.807, 2.05) is 18.2 Å². The number of carbonyl (C=O) groups is 1. The summed E-state index contributed by atoms with van der Waals surface area (Å²) in [5, 5.41) is 9.57. The fourth-order valence-corrected chi connectivity index (χ4v) is 3.60. The molecule has 1 aromatic carbocycles. The first-order valence-corrected chi connectivity index (χ1v) is 7.74. The molecule has 0 aromatic heterocycles. The normalized spacial score (nSPS) is 19.7. The molecule has 1 saturated carbocycles. The highest BCUT2D eigenvalue weighted by molar-refractivity contribution is 7.76. The first-order valence-electron chi connectivity index (χ1n) is 6.70. The Hall–Kier alpha value is -1.24. The summed E-state index contributed by atoms with van der Waals surface area (Å²) in [4.78, 5) is 11.7. The average molecular weight is 296 g/mol. The molecule has 110 valence electrons. The second-order valence-electron chi connectivity index (χ2n) is 5.14. The highest BCUT2D eigenvalue weighted by atomic mass is 32.2. The van der Waals surface area contributed by atoms with Crippen LogP contribution in [0.5, 0.6) is 0 Å². The second-order valence-corrected chi connectivity index (χ2v) is 6.01. The standard InChI is InChI=1S/C14H19NO4S/c16-13(17)14(9-5-2-6-10-14)15(20(18)19)11-12-7-3-1-4-8-12/h1,3-4,7-8H,2,5-6,9-11H2,(H,16,17)(H,18,19)/p-1. The largest absolute Gasteiger partial charge is 0.760 e. The first-order chi connectivity index (χ1) is 9.56. The molecule has 20 heavy (non-hydrogen) atoms. The van der Waals surface area contributed by atoms with Gasteiger partial charge in [0.25, 0.3) is 0 Å². The minimum atomic E-state index is -2.56. The molecule has 1 unspecified atom stereocenters. The molecule has 1 aliphatic carbocycles. The van der Waals surface area contributed by atoms with E-state index in [1.165, 1.54) is 0 Å². The van der Waals surface area contributed by atoms with E-state index in [-0.39, 0.29) is 6.54 Å². The van der Waals surface area contributed by atoms with Crippen molar-refractivity contribution in [2.24, 2.45) is 0 Å².